The Kier molecular flexibility index (Phi) is 7.18. The first-order chi connectivity index (χ1) is 7.84. The van der Waals surface area contributed by atoms with Crippen LogP contribution in [-0.4, -0.2) is 32.3 Å². The summed E-state index contributed by atoms with van der Waals surface area (Å²) in [6.45, 7) is 3.68. The molecule has 3 N–H and O–H groups in total. The van der Waals surface area contributed by atoms with Gasteiger partial charge >= 0.3 is 0 Å². The molecule has 0 spiro atoms. The molecule has 0 aromatic rings. The molecule has 1 saturated carbocycles. The molecule has 1 aliphatic carbocycles. The second-order valence-electron chi connectivity index (χ2n) is 4.97. The second kappa shape index (κ2) is 8.13. The molecule has 0 radical (unpaired) electrons. The van der Waals surface area contributed by atoms with Crippen LogP contribution in [0, 0.1) is 11.8 Å². The van der Waals surface area contributed by atoms with E-state index < -0.39 is 0 Å². The molecule has 2 fully saturated rings. The molecule has 0 bridgehead atoms. The number of nitrogens with one attached hydrogen (secondary N) is 1. The van der Waals surface area contributed by atoms with Gasteiger partial charge in [0.25, 0.3) is 0 Å². The molecular weight excluding hydrogens is 329 g/mol. The fourth-order valence-electron chi connectivity index (χ4n) is 2.17. The highest BCUT2D eigenvalue weighted by Crippen LogP contribution is 2.26. The molecule has 5 heteroatoms. The predicted octanol–water partition coefficient (Wildman–Crippen LogP) is 1.74. The highest BCUT2D eigenvalue weighted by molar-refractivity contribution is 14.0. The van der Waals surface area contributed by atoms with Crippen molar-refractivity contribution in [3.63, 3.8) is 0 Å². The first kappa shape index (κ1) is 15.0. The Balaban J connectivity index is 0.00000144. The third-order valence-corrected chi connectivity index (χ3v) is 3.63. The van der Waals surface area contributed by atoms with Gasteiger partial charge in [-0.05, 0) is 37.5 Å². The van der Waals surface area contributed by atoms with Gasteiger partial charge in [0.2, 0.25) is 0 Å². The summed E-state index contributed by atoms with van der Waals surface area (Å²) in [5.41, 5.74) is 5.79. The highest BCUT2D eigenvalue weighted by Gasteiger charge is 2.17. The minimum atomic E-state index is 0. The van der Waals surface area contributed by atoms with Crippen molar-refractivity contribution < 1.29 is 4.74 Å². The van der Waals surface area contributed by atoms with Crippen molar-refractivity contribution in [1.82, 2.24) is 5.32 Å². The van der Waals surface area contributed by atoms with Crippen molar-refractivity contribution in [2.24, 2.45) is 22.6 Å². The zero-order valence-electron chi connectivity index (χ0n) is 10.4. The predicted molar refractivity (Wildman–Crippen MR) is 80.8 cm³/mol. The zero-order chi connectivity index (χ0) is 11.2. The molecule has 1 unspecified atom stereocenters. The fraction of sp³-hybridized carbons (Fsp3) is 0.917. The van der Waals surface area contributed by atoms with Gasteiger partial charge in [-0.1, -0.05) is 6.42 Å². The van der Waals surface area contributed by atoms with E-state index >= 15 is 0 Å². The average molecular weight is 353 g/mol. The molecule has 1 heterocycles. The minimum Gasteiger partial charge on any atom is -0.381 e. The molecule has 17 heavy (non-hydrogen) atoms. The Bertz CT molecular complexity index is 238. The van der Waals surface area contributed by atoms with Gasteiger partial charge in [-0.25, -0.2) is 0 Å². The zero-order valence-corrected chi connectivity index (χ0v) is 12.7. The molecule has 0 aromatic carbocycles. The average Bonchev–Trinajstić information content (AvgIpc) is 2.68. The summed E-state index contributed by atoms with van der Waals surface area (Å²) in [6.07, 6.45) is 6.36. The van der Waals surface area contributed by atoms with Gasteiger partial charge in [0.05, 0.1) is 0 Å². The van der Waals surface area contributed by atoms with Crippen molar-refractivity contribution >= 4 is 29.9 Å². The van der Waals surface area contributed by atoms with Gasteiger partial charge in [-0.3, -0.25) is 4.99 Å². The first-order valence-electron chi connectivity index (χ1n) is 6.46. The molecule has 100 valence electrons. The number of hydrogen-bond acceptors (Lipinski definition) is 2. The summed E-state index contributed by atoms with van der Waals surface area (Å²) >= 11 is 0. The number of nitrogens with zero attached hydrogens (tertiary/aromatic N) is 1. The third kappa shape index (κ3) is 5.42. The van der Waals surface area contributed by atoms with E-state index in [9.17, 15) is 0 Å². The molecule has 0 amide bonds. The van der Waals surface area contributed by atoms with Crippen LogP contribution in [0.15, 0.2) is 4.99 Å². The van der Waals surface area contributed by atoms with E-state index in [0.717, 1.165) is 38.6 Å². The number of aliphatic imine (C=N–C) groups is 1. The van der Waals surface area contributed by atoms with Gasteiger partial charge in [0, 0.05) is 26.3 Å². The standard InChI is InChI=1S/C12H23N3O.HI/c13-12(15-8-10-2-1-3-10)14-6-4-11-5-7-16-9-11;/h10-11H,1-9H2,(H3,13,14,15);1H. The molecule has 2 aliphatic rings. The summed E-state index contributed by atoms with van der Waals surface area (Å²) in [5.74, 6) is 2.13. The Hall–Kier alpha value is -0.0400. The van der Waals surface area contributed by atoms with Crippen molar-refractivity contribution in [2.45, 2.75) is 32.1 Å². The van der Waals surface area contributed by atoms with Crippen LogP contribution in [0.3, 0.4) is 0 Å². The van der Waals surface area contributed by atoms with Gasteiger partial charge in [-0.2, -0.15) is 0 Å². The van der Waals surface area contributed by atoms with Crippen LogP contribution < -0.4 is 11.1 Å². The fourth-order valence-corrected chi connectivity index (χ4v) is 2.17. The lowest BCUT2D eigenvalue weighted by atomic mass is 9.86. The van der Waals surface area contributed by atoms with Gasteiger partial charge in [-0.15, -0.1) is 24.0 Å². The van der Waals surface area contributed by atoms with Crippen LogP contribution in [-0.2, 0) is 4.74 Å². The van der Waals surface area contributed by atoms with E-state index in [2.05, 4.69) is 10.3 Å². The number of hydrogen-bond donors (Lipinski definition) is 2. The topological polar surface area (TPSA) is 59.6 Å². The Morgan fingerprint density at radius 3 is 2.71 bits per heavy atom. The molecule has 4 nitrogen and oxygen atoms in total. The summed E-state index contributed by atoms with van der Waals surface area (Å²) in [4.78, 5) is 4.36. The van der Waals surface area contributed by atoms with E-state index in [0.29, 0.717) is 11.9 Å². The van der Waals surface area contributed by atoms with Crippen molar-refractivity contribution in [2.75, 3.05) is 26.3 Å². The maximum Gasteiger partial charge on any atom is 0.188 e. The lowest BCUT2D eigenvalue weighted by molar-refractivity contribution is 0.184. The van der Waals surface area contributed by atoms with Crippen LogP contribution in [0.25, 0.3) is 0 Å². The van der Waals surface area contributed by atoms with Gasteiger partial charge in [0.1, 0.15) is 0 Å². The SMILES string of the molecule is I.NC(=NCC1CCC1)NCCC1CCOC1. The lowest BCUT2D eigenvalue weighted by Crippen LogP contribution is -2.34. The van der Waals surface area contributed by atoms with Gasteiger partial charge < -0.3 is 15.8 Å². The Labute approximate surface area is 121 Å². The number of rotatable bonds is 5. The normalized spacial score (nSPS) is 25.2. The monoisotopic (exact) mass is 353 g/mol. The minimum absolute atomic E-state index is 0. The third-order valence-electron chi connectivity index (χ3n) is 3.63. The maximum absolute atomic E-state index is 5.79. The van der Waals surface area contributed by atoms with E-state index in [1.807, 2.05) is 0 Å². The summed E-state index contributed by atoms with van der Waals surface area (Å²) < 4.78 is 5.33. The van der Waals surface area contributed by atoms with Crippen LogP contribution >= 0.6 is 24.0 Å². The van der Waals surface area contributed by atoms with E-state index in [1.165, 1.54) is 25.7 Å². The first-order valence-corrected chi connectivity index (χ1v) is 6.46. The summed E-state index contributed by atoms with van der Waals surface area (Å²) in [5, 5.41) is 3.19. The number of halogens is 1. The summed E-state index contributed by atoms with van der Waals surface area (Å²) in [7, 11) is 0. The number of nitrogens with two attached hydrogens (primary N) is 1. The molecule has 2 rings (SSSR count). The maximum atomic E-state index is 5.79. The molecule has 1 aliphatic heterocycles. The van der Waals surface area contributed by atoms with Crippen molar-refractivity contribution in [3.8, 4) is 0 Å². The van der Waals surface area contributed by atoms with Crippen molar-refractivity contribution in [1.29, 1.82) is 0 Å². The molecule has 0 aromatic heterocycles. The molecule has 1 atom stereocenters. The molecular formula is C12H24IN3O. The second-order valence-corrected chi connectivity index (χ2v) is 4.97. The Morgan fingerprint density at radius 2 is 2.12 bits per heavy atom. The largest absolute Gasteiger partial charge is 0.381 e. The lowest BCUT2D eigenvalue weighted by Gasteiger charge is -2.23. The Morgan fingerprint density at radius 1 is 1.29 bits per heavy atom. The van der Waals surface area contributed by atoms with E-state index in [-0.39, 0.29) is 24.0 Å². The van der Waals surface area contributed by atoms with Gasteiger partial charge in [0.15, 0.2) is 5.96 Å². The number of guanidine groups is 1. The van der Waals surface area contributed by atoms with Crippen LogP contribution in [0.4, 0.5) is 0 Å². The smallest absolute Gasteiger partial charge is 0.188 e. The highest BCUT2D eigenvalue weighted by atomic mass is 127. The van der Waals surface area contributed by atoms with E-state index in [4.69, 9.17) is 10.5 Å². The number of ether oxygens (including phenoxy) is 1. The van der Waals surface area contributed by atoms with Crippen LogP contribution in [0.5, 0.6) is 0 Å². The van der Waals surface area contributed by atoms with Crippen LogP contribution in [0.1, 0.15) is 32.1 Å². The van der Waals surface area contributed by atoms with Crippen LogP contribution in [0.2, 0.25) is 0 Å². The molecule has 1 saturated heterocycles. The van der Waals surface area contributed by atoms with Crippen molar-refractivity contribution in [3.05, 3.63) is 0 Å². The summed E-state index contributed by atoms with van der Waals surface area (Å²) in [6, 6.07) is 0. The quantitative estimate of drug-likeness (QED) is 0.450. The van der Waals surface area contributed by atoms with E-state index in [1.54, 1.807) is 0 Å².